The SMILES string of the molecule is CN1C(=O)CN(c2ccccc2Cl)CC1CCN. The van der Waals surface area contributed by atoms with Crippen LogP contribution in [-0.2, 0) is 4.79 Å². The van der Waals surface area contributed by atoms with Gasteiger partial charge in [-0.1, -0.05) is 23.7 Å². The molecule has 0 radical (unpaired) electrons. The van der Waals surface area contributed by atoms with E-state index in [1.165, 1.54) is 0 Å². The molecule has 0 spiro atoms. The second-order valence-corrected chi connectivity index (χ2v) is 4.97. The van der Waals surface area contributed by atoms with Crippen LogP contribution in [0.1, 0.15) is 6.42 Å². The summed E-state index contributed by atoms with van der Waals surface area (Å²) in [6.07, 6.45) is 0.809. The van der Waals surface area contributed by atoms with E-state index in [9.17, 15) is 4.79 Å². The molecule has 4 nitrogen and oxygen atoms in total. The summed E-state index contributed by atoms with van der Waals surface area (Å²) in [6, 6.07) is 7.77. The number of hydrogen-bond donors (Lipinski definition) is 1. The maximum atomic E-state index is 12.0. The zero-order valence-electron chi connectivity index (χ0n) is 10.5. The van der Waals surface area contributed by atoms with Gasteiger partial charge in [-0.15, -0.1) is 0 Å². The normalized spacial score (nSPS) is 20.4. The van der Waals surface area contributed by atoms with E-state index in [1.54, 1.807) is 4.90 Å². The summed E-state index contributed by atoms with van der Waals surface area (Å²) < 4.78 is 0. The highest BCUT2D eigenvalue weighted by Crippen LogP contribution is 2.27. The van der Waals surface area contributed by atoms with Crippen molar-refractivity contribution in [1.29, 1.82) is 0 Å². The molecule has 98 valence electrons. The molecule has 18 heavy (non-hydrogen) atoms. The lowest BCUT2D eigenvalue weighted by atomic mass is 10.1. The number of amides is 1. The second kappa shape index (κ2) is 5.59. The van der Waals surface area contributed by atoms with Gasteiger partial charge >= 0.3 is 0 Å². The molecule has 1 unspecified atom stereocenters. The number of halogens is 1. The van der Waals surface area contributed by atoms with Gasteiger partial charge < -0.3 is 15.5 Å². The Morgan fingerprint density at radius 1 is 1.44 bits per heavy atom. The van der Waals surface area contributed by atoms with E-state index in [4.69, 9.17) is 17.3 Å². The Morgan fingerprint density at radius 2 is 2.17 bits per heavy atom. The van der Waals surface area contributed by atoms with Gasteiger partial charge in [0.25, 0.3) is 0 Å². The van der Waals surface area contributed by atoms with E-state index in [-0.39, 0.29) is 11.9 Å². The summed E-state index contributed by atoms with van der Waals surface area (Å²) in [5.74, 6) is 0.111. The van der Waals surface area contributed by atoms with Crippen LogP contribution in [0.15, 0.2) is 24.3 Å². The molecular formula is C13H18ClN3O. The molecule has 2 rings (SSSR count). The average molecular weight is 268 g/mol. The Hall–Kier alpha value is -1.26. The lowest BCUT2D eigenvalue weighted by Crippen LogP contribution is -2.55. The topological polar surface area (TPSA) is 49.6 Å². The first-order chi connectivity index (χ1) is 8.63. The molecular weight excluding hydrogens is 250 g/mol. The molecule has 1 heterocycles. The number of rotatable bonds is 3. The molecule has 2 N–H and O–H groups in total. The maximum Gasteiger partial charge on any atom is 0.242 e. The highest BCUT2D eigenvalue weighted by molar-refractivity contribution is 6.33. The Bertz CT molecular complexity index is 438. The van der Waals surface area contributed by atoms with E-state index in [0.717, 1.165) is 18.7 Å². The molecule has 1 amide bonds. The van der Waals surface area contributed by atoms with Crippen molar-refractivity contribution in [3.63, 3.8) is 0 Å². The number of piperazine rings is 1. The number of benzene rings is 1. The quantitative estimate of drug-likeness (QED) is 0.899. The van der Waals surface area contributed by atoms with Crippen molar-refractivity contribution in [2.45, 2.75) is 12.5 Å². The summed E-state index contributed by atoms with van der Waals surface area (Å²) in [6.45, 7) is 1.74. The third kappa shape index (κ3) is 2.60. The third-order valence-electron chi connectivity index (χ3n) is 3.39. The molecule has 1 fully saturated rings. The summed E-state index contributed by atoms with van der Waals surface area (Å²) in [7, 11) is 1.84. The Labute approximate surface area is 112 Å². The van der Waals surface area contributed by atoms with Crippen molar-refractivity contribution in [1.82, 2.24) is 4.90 Å². The fourth-order valence-electron chi connectivity index (χ4n) is 2.29. The molecule has 0 aromatic heterocycles. The van der Waals surface area contributed by atoms with Crippen LogP contribution in [-0.4, -0.2) is 43.5 Å². The second-order valence-electron chi connectivity index (χ2n) is 4.57. The van der Waals surface area contributed by atoms with Crippen LogP contribution >= 0.6 is 11.6 Å². The Balaban J connectivity index is 2.20. The van der Waals surface area contributed by atoms with Crippen molar-refractivity contribution >= 4 is 23.2 Å². The third-order valence-corrected chi connectivity index (χ3v) is 3.71. The van der Waals surface area contributed by atoms with Crippen LogP contribution in [0, 0.1) is 0 Å². The minimum absolute atomic E-state index is 0.111. The minimum atomic E-state index is 0.111. The van der Waals surface area contributed by atoms with Crippen molar-refractivity contribution in [2.75, 3.05) is 31.6 Å². The summed E-state index contributed by atoms with van der Waals surface area (Å²) in [5.41, 5.74) is 6.52. The minimum Gasteiger partial charge on any atom is -0.359 e. The fourth-order valence-corrected chi connectivity index (χ4v) is 2.54. The molecule has 1 aromatic carbocycles. The summed E-state index contributed by atoms with van der Waals surface area (Å²) in [4.78, 5) is 15.8. The Morgan fingerprint density at radius 3 is 2.83 bits per heavy atom. The van der Waals surface area contributed by atoms with Crippen molar-refractivity contribution in [3.8, 4) is 0 Å². The number of nitrogens with zero attached hydrogens (tertiary/aromatic N) is 2. The van der Waals surface area contributed by atoms with E-state index < -0.39 is 0 Å². The Kier molecular flexibility index (Phi) is 4.09. The van der Waals surface area contributed by atoms with Crippen LogP contribution in [0.2, 0.25) is 5.02 Å². The van der Waals surface area contributed by atoms with E-state index in [2.05, 4.69) is 0 Å². The van der Waals surface area contributed by atoms with Gasteiger partial charge in [-0.25, -0.2) is 0 Å². The number of hydrogen-bond acceptors (Lipinski definition) is 3. The zero-order valence-corrected chi connectivity index (χ0v) is 11.2. The van der Waals surface area contributed by atoms with Gasteiger partial charge in [-0.3, -0.25) is 4.79 Å². The monoisotopic (exact) mass is 267 g/mol. The van der Waals surface area contributed by atoms with Gasteiger partial charge in [0, 0.05) is 13.6 Å². The average Bonchev–Trinajstić information content (AvgIpc) is 2.35. The molecule has 0 saturated carbocycles. The van der Waals surface area contributed by atoms with Gasteiger partial charge in [0.15, 0.2) is 0 Å². The van der Waals surface area contributed by atoms with Gasteiger partial charge in [0.05, 0.1) is 23.3 Å². The van der Waals surface area contributed by atoms with Crippen LogP contribution < -0.4 is 10.6 Å². The van der Waals surface area contributed by atoms with Crippen molar-refractivity contribution < 1.29 is 4.79 Å². The van der Waals surface area contributed by atoms with Crippen LogP contribution in [0.5, 0.6) is 0 Å². The van der Waals surface area contributed by atoms with Gasteiger partial charge in [0.2, 0.25) is 5.91 Å². The smallest absolute Gasteiger partial charge is 0.242 e. The van der Waals surface area contributed by atoms with Gasteiger partial charge in [-0.2, -0.15) is 0 Å². The number of carbonyl (C=O) groups is 1. The van der Waals surface area contributed by atoms with E-state index in [1.807, 2.05) is 36.2 Å². The van der Waals surface area contributed by atoms with E-state index >= 15 is 0 Å². The first kappa shape index (κ1) is 13.2. The van der Waals surface area contributed by atoms with Crippen LogP contribution in [0.3, 0.4) is 0 Å². The van der Waals surface area contributed by atoms with Gasteiger partial charge in [-0.05, 0) is 25.1 Å². The number of likely N-dealkylation sites (N-methyl/N-ethyl adjacent to an activating group) is 1. The summed E-state index contributed by atoms with van der Waals surface area (Å²) in [5, 5.41) is 0.682. The van der Waals surface area contributed by atoms with Crippen molar-refractivity contribution in [3.05, 3.63) is 29.3 Å². The zero-order chi connectivity index (χ0) is 13.1. The number of nitrogens with two attached hydrogens (primary N) is 1. The first-order valence-electron chi connectivity index (χ1n) is 6.08. The molecule has 0 aliphatic carbocycles. The molecule has 1 atom stereocenters. The number of para-hydroxylation sites is 1. The van der Waals surface area contributed by atoms with Crippen molar-refractivity contribution in [2.24, 2.45) is 5.73 Å². The fraction of sp³-hybridized carbons (Fsp3) is 0.462. The van der Waals surface area contributed by atoms with E-state index in [0.29, 0.717) is 18.1 Å². The molecule has 0 bridgehead atoms. The first-order valence-corrected chi connectivity index (χ1v) is 6.46. The largest absolute Gasteiger partial charge is 0.359 e. The standard InChI is InChI=1S/C13H18ClN3O/c1-16-10(6-7-15)8-17(9-13(16)18)12-5-3-2-4-11(12)14/h2-5,10H,6-9,15H2,1H3. The van der Waals surface area contributed by atoms with Crippen LogP contribution in [0.4, 0.5) is 5.69 Å². The summed E-state index contributed by atoms with van der Waals surface area (Å²) >= 11 is 6.18. The molecule has 5 heteroatoms. The highest BCUT2D eigenvalue weighted by Gasteiger charge is 2.30. The van der Waals surface area contributed by atoms with Crippen LogP contribution in [0.25, 0.3) is 0 Å². The van der Waals surface area contributed by atoms with Gasteiger partial charge in [0.1, 0.15) is 0 Å². The lowest BCUT2D eigenvalue weighted by molar-refractivity contribution is -0.132. The molecule has 1 saturated heterocycles. The molecule has 1 aliphatic heterocycles. The predicted molar refractivity (Wildman–Crippen MR) is 73.9 cm³/mol. The molecule has 1 aromatic rings. The highest BCUT2D eigenvalue weighted by atomic mass is 35.5. The number of anilines is 1. The lowest BCUT2D eigenvalue weighted by Gasteiger charge is -2.40. The predicted octanol–water partition coefficient (Wildman–Crippen LogP) is 1.34. The molecule has 1 aliphatic rings. The number of carbonyl (C=O) groups excluding carboxylic acids is 1. The maximum absolute atomic E-state index is 12.0.